The summed E-state index contributed by atoms with van der Waals surface area (Å²) in [6.07, 6.45) is 2.48. The summed E-state index contributed by atoms with van der Waals surface area (Å²) in [5.41, 5.74) is 0.319. The van der Waals surface area contributed by atoms with Crippen LogP contribution in [0.5, 0.6) is 5.75 Å². The van der Waals surface area contributed by atoms with Crippen molar-refractivity contribution in [2.24, 2.45) is 0 Å². The molecule has 1 aromatic heterocycles. The highest BCUT2D eigenvalue weighted by Crippen LogP contribution is 2.20. The Morgan fingerprint density at radius 2 is 2.24 bits per heavy atom. The number of amides is 1. The summed E-state index contributed by atoms with van der Waals surface area (Å²) in [5, 5.41) is 2.38. The molecule has 1 aromatic carbocycles. The Morgan fingerprint density at radius 1 is 1.43 bits per heavy atom. The number of H-pyrrole nitrogens is 1. The third-order valence-corrected chi connectivity index (χ3v) is 3.80. The van der Waals surface area contributed by atoms with Gasteiger partial charge >= 0.3 is 0 Å². The molecular formula is C12H14N4O4S. The van der Waals surface area contributed by atoms with Crippen LogP contribution >= 0.6 is 0 Å². The highest BCUT2D eigenvalue weighted by Gasteiger charge is 2.15. The number of carbonyl (C=O) groups is 1. The molecule has 0 bridgehead atoms. The molecule has 8 nitrogen and oxygen atoms in total. The minimum Gasteiger partial charge on any atom is -0.484 e. The van der Waals surface area contributed by atoms with Crippen LogP contribution in [0.4, 0.5) is 5.69 Å². The molecule has 0 aliphatic heterocycles. The third kappa shape index (κ3) is 3.96. The first kappa shape index (κ1) is 14.9. The summed E-state index contributed by atoms with van der Waals surface area (Å²) >= 11 is 0. The summed E-state index contributed by atoms with van der Waals surface area (Å²) in [7, 11) is -2.22. The standard InChI is InChI=1S/C12H14N4O4S/c1-13-11(17)7-20-10-4-2-3-9(5-10)16-21(18,19)12-6-14-8-15-12/h2-6,8,16H,7H2,1H3,(H,13,17)(H,14,15). The fourth-order valence-corrected chi connectivity index (χ4v) is 2.43. The van der Waals surface area contributed by atoms with E-state index in [1.54, 1.807) is 18.2 Å². The number of sulfonamides is 1. The molecule has 2 aromatic rings. The van der Waals surface area contributed by atoms with Crippen LogP contribution in [0.15, 0.2) is 41.8 Å². The molecule has 0 radical (unpaired) electrons. The summed E-state index contributed by atoms with van der Waals surface area (Å²) in [5.74, 6) is 0.0989. The second-order valence-electron chi connectivity index (χ2n) is 4.01. The van der Waals surface area contributed by atoms with Gasteiger partial charge in [-0.3, -0.25) is 9.52 Å². The number of hydrogen-bond donors (Lipinski definition) is 3. The molecule has 1 amide bonds. The van der Waals surface area contributed by atoms with Gasteiger partial charge in [0.1, 0.15) is 5.75 Å². The predicted octanol–water partition coefficient (Wildman–Crippen LogP) is 0.335. The summed E-state index contributed by atoms with van der Waals surface area (Å²) < 4.78 is 31.6. The smallest absolute Gasteiger partial charge is 0.278 e. The monoisotopic (exact) mass is 310 g/mol. The predicted molar refractivity (Wildman–Crippen MR) is 75.4 cm³/mol. The zero-order chi connectivity index (χ0) is 15.3. The fourth-order valence-electron chi connectivity index (χ4n) is 1.47. The number of benzene rings is 1. The lowest BCUT2D eigenvalue weighted by molar-refractivity contribution is -0.122. The van der Waals surface area contributed by atoms with Crippen LogP contribution in [0, 0.1) is 0 Å². The van der Waals surface area contributed by atoms with E-state index in [2.05, 4.69) is 20.0 Å². The molecule has 9 heteroatoms. The third-order valence-electron chi connectivity index (χ3n) is 2.50. The lowest BCUT2D eigenvalue weighted by Crippen LogP contribution is -2.24. The molecule has 0 aliphatic carbocycles. The number of nitrogens with zero attached hydrogens (tertiary/aromatic N) is 1. The van der Waals surface area contributed by atoms with Crippen LogP contribution in [0.25, 0.3) is 0 Å². The van der Waals surface area contributed by atoms with Crippen molar-refractivity contribution >= 4 is 21.6 Å². The van der Waals surface area contributed by atoms with Gasteiger partial charge in [0.05, 0.1) is 18.2 Å². The molecule has 112 valence electrons. The van der Waals surface area contributed by atoms with E-state index in [0.717, 1.165) is 0 Å². The molecule has 3 N–H and O–H groups in total. The summed E-state index contributed by atoms with van der Waals surface area (Å²) in [4.78, 5) is 17.3. The van der Waals surface area contributed by atoms with Gasteiger partial charge in [0.2, 0.25) is 0 Å². The first-order chi connectivity index (χ1) is 10.0. The molecule has 1 heterocycles. The van der Waals surface area contributed by atoms with Crippen LogP contribution < -0.4 is 14.8 Å². The Kier molecular flexibility index (Phi) is 4.43. The normalized spacial score (nSPS) is 10.9. The molecule has 0 spiro atoms. The second kappa shape index (κ2) is 6.27. The quantitative estimate of drug-likeness (QED) is 0.712. The van der Waals surface area contributed by atoms with Gasteiger partial charge in [-0.1, -0.05) is 6.07 Å². The van der Waals surface area contributed by atoms with Crippen molar-refractivity contribution in [1.29, 1.82) is 0 Å². The molecule has 0 aliphatic rings. The molecule has 0 saturated heterocycles. The van der Waals surface area contributed by atoms with Gasteiger partial charge in [0.25, 0.3) is 15.9 Å². The largest absolute Gasteiger partial charge is 0.484 e. The molecule has 0 unspecified atom stereocenters. The van der Waals surface area contributed by atoms with E-state index in [1.165, 1.54) is 25.6 Å². The molecule has 0 atom stereocenters. The van der Waals surface area contributed by atoms with E-state index in [9.17, 15) is 13.2 Å². The van der Waals surface area contributed by atoms with Crippen molar-refractivity contribution in [2.45, 2.75) is 5.03 Å². The number of aromatic amines is 1. The summed E-state index contributed by atoms with van der Waals surface area (Å²) in [6, 6.07) is 6.29. The minimum atomic E-state index is -3.73. The number of nitrogens with one attached hydrogen (secondary N) is 3. The van der Waals surface area contributed by atoms with Crippen molar-refractivity contribution in [3.63, 3.8) is 0 Å². The van der Waals surface area contributed by atoms with Crippen molar-refractivity contribution in [3.8, 4) is 5.75 Å². The average Bonchev–Trinajstić information content (AvgIpc) is 2.99. The zero-order valence-corrected chi connectivity index (χ0v) is 12.0. The van der Waals surface area contributed by atoms with Crippen molar-refractivity contribution < 1.29 is 17.9 Å². The maximum absolute atomic E-state index is 12.0. The summed E-state index contributed by atoms with van der Waals surface area (Å²) in [6.45, 7) is -0.146. The topological polar surface area (TPSA) is 113 Å². The van der Waals surface area contributed by atoms with Crippen molar-refractivity contribution in [3.05, 3.63) is 36.8 Å². The zero-order valence-electron chi connectivity index (χ0n) is 11.2. The molecule has 0 fully saturated rings. The minimum absolute atomic E-state index is 0.0424. The van der Waals surface area contributed by atoms with Crippen LogP contribution in [-0.4, -0.2) is 37.9 Å². The second-order valence-corrected chi connectivity index (χ2v) is 5.66. The van der Waals surface area contributed by atoms with Gasteiger partial charge in [-0.05, 0) is 12.1 Å². The SMILES string of the molecule is CNC(=O)COc1cccc(NS(=O)(=O)c2cnc[nH]2)c1. The van der Waals surface area contributed by atoms with E-state index in [-0.39, 0.29) is 17.5 Å². The lowest BCUT2D eigenvalue weighted by Gasteiger charge is -2.09. The number of anilines is 1. The van der Waals surface area contributed by atoms with E-state index >= 15 is 0 Å². The maximum atomic E-state index is 12.0. The van der Waals surface area contributed by atoms with Crippen LogP contribution in [0.3, 0.4) is 0 Å². The molecule has 2 rings (SSSR count). The number of carbonyl (C=O) groups excluding carboxylic acids is 1. The number of hydrogen-bond acceptors (Lipinski definition) is 5. The number of imidazole rings is 1. The Bertz CT molecular complexity index is 713. The van der Waals surface area contributed by atoms with Gasteiger partial charge < -0.3 is 15.0 Å². The highest BCUT2D eigenvalue weighted by molar-refractivity contribution is 7.92. The van der Waals surface area contributed by atoms with Gasteiger partial charge in [-0.2, -0.15) is 8.42 Å². The average molecular weight is 310 g/mol. The van der Waals surface area contributed by atoms with E-state index in [4.69, 9.17) is 4.74 Å². The number of likely N-dealkylation sites (N-methyl/N-ethyl adjacent to an activating group) is 1. The Labute approximate surface area is 121 Å². The Balaban J connectivity index is 2.09. The van der Waals surface area contributed by atoms with Crippen LogP contribution in [-0.2, 0) is 14.8 Å². The molecule has 0 saturated carbocycles. The van der Waals surface area contributed by atoms with Crippen molar-refractivity contribution in [2.75, 3.05) is 18.4 Å². The number of aromatic nitrogens is 2. The van der Waals surface area contributed by atoms with Crippen molar-refractivity contribution in [1.82, 2.24) is 15.3 Å². The highest BCUT2D eigenvalue weighted by atomic mass is 32.2. The number of ether oxygens (including phenoxy) is 1. The lowest BCUT2D eigenvalue weighted by atomic mass is 10.3. The van der Waals surface area contributed by atoms with Gasteiger partial charge in [-0.25, -0.2) is 4.98 Å². The maximum Gasteiger partial charge on any atom is 0.278 e. The van der Waals surface area contributed by atoms with Gasteiger partial charge in [0.15, 0.2) is 11.6 Å². The van der Waals surface area contributed by atoms with E-state index in [0.29, 0.717) is 11.4 Å². The molecule has 21 heavy (non-hydrogen) atoms. The van der Waals surface area contributed by atoms with E-state index in [1.807, 2.05) is 0 Å². The first-order valence-electron chi connectivity index (χ1n) is 5.96. The van der Waals surface area contributed by atoms with Gasteiger partial charge in [0, 0.05) is 13.1 Å². The van der Waals surface area contributed by atoms with Gasteiger partial charge in [-0.15, -0.1) is 0 Å². The Hall–Kier alpha value is -2.55. The van der Waals surface area contributed by atoms with Crippen LogP contribution in [0.2, 0.25) is 0 Å². The fraction of sp³-hybridized carbons (Fsp3) is 0.167. The Morgan fingerprint density at radius 3 is 2.90 bits per heavy atom. The first-order valence-corrected chi connectivity index (χ1v) is 7.44. The number of rotatable bonds is 6. The van der Waals surface area contributed by atoms with E-state index < -0.39 is 10.0 Å². The van der Waals surface area contributed by atoms with Crippen LogP contribution in [0.1, 0.15) is 0 Å². The molecular weight excluding hydrogens is 296 g/mol.